The van der Waals surface area contributed by atoms with Crippen LogP contribution >= 0.6 is 0 Å². The molecule has 0 fully saturated rings. The highest BCUT2D eigenvalue weighted by molar-refractivity contribution is 5.89. The molecule has 0 radical (unpaired) electrons. The fourth-order valence-electron chi connectivity index (χ4n) is 2.17. The molecule has 5 nitrogen and oxygen atoms in total. The molecule has 9 heteroatoms. The maximum atomic E-state index is 13.3. The molecule has 2 aromatic rings. The van der Waals surface area contributed by atoms with Crippen LogP contribution in [0.25, 0.3) is 0 Å². The molecule has 0 aliphatic heterocycles. The van der Waals surface area contributed by atoms with E-state index in [-0.39, 0.29) is 17.2 Å². The Bertz CT molecular complexity index is 787. The summed E-state index contributed by atoms with van der Waals surface area (Å²) in [5, 5.41) is 4.96. The predicted molar refractivity (Wildman–Crippen MR) is 86.6 cm³/mol. The number of halogens is 4. The van der Waals surface area contributed by atoms with Gasteiger partial charge in [0.15, 0.2) is 23.1 Å². The number of benzene rings is 2. The van der Waals surface area contributed by atoms with Crippen LogP contribution in [0.1, 0.15) is 18.5 Å². The molecule has 140 valence electrons. The van der Waals surface area contributed by atoms with Crippen LogP contribution in [0, 0.1) is 11.6 Å². The third-order valence-electron chi connectivity index (χ3n) is 3.43. The molecule has 26 heavy (non-hydrogen) atoms. The van der Waals surface area contributed by atoms with Gasteiger partial charge in [-0.2, -0.15) is 8.78 Å². The zero-order chi connectivity index (χ0) is 19.3. The lowest BCUT2D eigenvalue weighted by Crippen LogP contribution is -2.31. The molecule has 2 amide bonds. The van der Waals surface area contributed by atoms with E-state index >= 15 is 0 Å². The van der Waals surface area contributed by atoms with E-state index < -0.39 is 30.3 Å². The van der Waals surface area contributed by atoms with Gasteiger partial charge in [-0.05, 0) is 36.8 Å². The summed E-state index contributed by atoms with van der Waals surface area (Å²) in [7, 11) is 1.29. The molecule has 0 saturated carbocycles. The fraction of sp³-hybridized carbons (Fsp3) is 0.235. The van der Waals surface area contributed by atoms with Gasteiger partial charge in [0.2, 0.25) is 0 Å². The molecular weight excluding hydrogens is 356 g/mol. The van der Waals surface area contributed by atoms with Gasteiger partial charge in [-0.1, -0.05) is 6.07 Å². The van der Waals surface area contributed by atoms with Crippen molar-refractivity contribution in [2.75, 3.05) is 12.4 Å². The number of nitrogens with one attached hydrogen (secondary N) is 2. The Morgan fingerprint density at radius 3 is 2.38 bits per heavy atom. The van der Waals surface area contributed by atoms with Crippen molar-refractivity contribution in [2.45, 2.75) is 19.6 Å². The summed E-state index contributed by atoms with van der Waals surface area (Å²) in [5.74, 6) is -2.18. The van der Waals surface area contributed by atoms with Crippen molar-refractivity contribution in [3.63, 3.8) is 0 Å². The van der Waals surface area contributed by atoms with Crippen LogP contribution in [0.5, 0.6) is 11.5 Å². The van der Waals surface area contributed by atoms with Crippen molar-refractivity contribution in [1.29, 1.82) is 0 Å². The number of anilines is 1. The molecule has 0 heterocycles. The van der Waals surface area contributed by atoms with Crippen molar-refractivity contribution in [3.05, 3.63) is 53.6 Å². The van der Waals surface area contributed by atoms with Crippen molar-refractivity contribution >= 4 is 11.7 Å². The van der Waals surface area contributed by atoms with Gasteiger partial charge < -0.3 is 20.1 Å². The first-order chi connectivity index (χ1) is 12.3. The molecule has 2 N–H and O–H groups in total. The van der Waals surface area contributed by atoms with Crippen molar-refractivity contribution in [3.8, 4) is 11.5 Å². The van der Waals surface area contributed by atoms with Crippen LogP contribution in [-0.2, 0) is 0 Å². The van der Waals surface area contributed by atoms with Crippen LogP contribution in [0.15, 0.2) is 36.4 Å². The number of methoxy groups -OCH3 is 1. The SMILES string of the molecule is COc1ccc(NC(=O)N[C@H](C)c2ccc(F)c(F)c2)cc1OC(F)F. The Labute approximate surface area is 146 Å². The molecular formula is C17H16F4N2O3. The van der Waals surface area contributed by atoms with Gasteiger partial charge in [-0.15, -0.1) is 0 Å². The number of hydrogen-bond donors (Lipinski definition) is 2. The molecule has 2 rings (SSSR count). The average Bonchev–Trinajstić information content (AvgIpc) is 2.57. The molecule has 0 aliphatic rings. The maximum Gasteiger partial charge on any atom is 0.387 e. The number of hydrogen-bond acceptors (Lipinski definition) is 3. The Morgan fingerprint density at radius 1 is 1.04 bits per heavy atom. The first kappa shape index (κ1) is 19.4. The van der Waals surface area contributed by atoms with Gasteiger partial charge in [0.1, 0.15) is 0 Å². The Balaban J connectivity index is 2.05. The normalized spacial score (nSPS) is 11.8. The lowest BCUT2D eigenvalue weighted by atomic mass is 10.1. The monoisotopic (exact) mass is 372 g/mol. The van der Waals surface area contributed by atoms with Crippen molar-refractivity contribution in [1.82, 2.24) is 5.32 Å². The summed E-state index contributed by atoms with van der Waals surface area (Å²) in [5.41, 5.74) is 0.534. The van der Waals surface area contributed by atoms with E-state index in [0.717, 1.165) is 12.1 Å². The Kier molecular flexibility index (Phi) is 6.26. The minimum atomic E-state index is -3.05. The van der Waals surface area contributed by atoms with Gasteiger partial charge in [-0.3, -0.25) is 0 Å². The van der Waals surface area contributed by atoms with Crippen LogP contribution in [0.4, 0.5) is 28.0 Å². The molecule has 0 saturated heterocycles. The summed E-state index contributed by atoms with van der Waals surface area (Å²) >= 11 is 0. The predicted octanol–water partition coefficient (Wildman–Crippen LogP) is 4.46. The summed E-state index contributed by atoms with van der Waals surface area (Å²) in [6.45, 7) is -1.48. The van der Waals surface area contributed by atoms with Gasteiger partial charge in [0.05, 0.1) is 13.2 Å². The number of amides is 2. The lowest BCUT2D eigenvalue weighted by molar-refractivity contribution is -0.0511. The molecule has 0 bridgehead atoms. The van der Waals surface area contributed by atoms with E-state index in [4.69, 9.17) is 4.74 Å². The summed E-state index contributed by atoms with van der Waals surface area (Å²) in [6, 6.07) is 5.93. The quantitative estimate of drug-likeness (QED) is 0.736. The van der Waals surface area contributed by atoms with Crippen LogP contribution in [-0.4, -0.2) is 19.8 Å². The number of ether oxygens (including phenoxy) is 2. The molecule has 0 aliphatic carbocycles. The van der Waals surface area contributed by atoms with E-state index in [0.29, 0.717) is 5.56 Å². The third-order valence-corrected chi connectivity index (χ3v) is 3.43. The highest BCUT2D eigenvalue weighted by Gasteiger charge is 2.15. The van der Waals surface area contributed by atoms with Crippen LogP contribution < -0.4 is 20.1 Å². The Hall–Kier alpha value is -2.97. The largest absolute Gasteiger partial charge is 0.493 e. The average molecular weight is 372 g/mol. The molecule has 1 atom stereocenters. The van der Waals surface area contributed by atoms with E-state index in [1.807, 2.05) is 0 Å². The van der Waals surface area contributed by atoms with E-state index in [1.165, 1.54) is 31.4 Å². The molecule has 2 aromatic carbocycles. The first-order valence-corrected chi connectivity index (χ1v) is 7.45. The minimum Gasteiger partial charge on any atom is -0.493 e. The standard InChI is InChI=1S/C17H16F4N2O3/c1-9(10-3-5-12(18)13(19)7-10)22-17(24)23-11-4-6-14(25-2)15(8-11)26-16(20)21/h3-9,16H,1-2H3,(H2,22,23,24)/t9-/m1/s1. The second-order valence-electron chi connectivity index (χ2n) is 5.24. The van der Waals surface area contributed by atoms with Crippen molar-refractivity contribution in [2.24, 2.45) is 0 Å². The van der Waals surface area contributed by atoms with Gasteiger partial charge in [0, 0.05) is 11.8 Å². The Morgan fingerprint density at radius 2 is 1.77 bits per heavy atom. The van der Waals surface area contributed by atoms with Crippen LogP contribution in [0.2, 0.25) is 0 Å². The molecule has 0 aromatic heterocycles. The highest BCUT2D eigenvalue weighted by atomic mass is 19.3. The number of urea groups is 1. The number of rotatable bonds is 6. The summed E-state index contributed by atoms with van der Waals surface area (Å²) < 4.78 is 60.3. The van der Waals surface area contributed by atoms with E-state index in [9.17, 15) is 22.4 Å². The zero-order valence-corrected chi connectivity index (χ0v) is 13.9. The highest BCUT2D eigenvalue weighted by Crippen LogP contribution is 2.31. The topological polar surface area (TPSA) is 59.6 Å². The minimum absolute atomic E-state index is 0.0754. The van der Waals surface area contributed by atoms with Crippen molar-refractivity contribution < 1.29 is 31.8 Å². The van der Waals surface area contributed by atoms with Gasteiger partial charge in [-0.25, -0.2) is 13.6 Å². The fourth-order valence-corrected chi connectivity index (χ4v) is 2.17. The second-order valence-corrected chi connectivity index (χ2v) is 5.24. The molecule has 0 unspecified atom stereocenters. The third kappa shape index (κ3) is 5.01. The zero-order valence-electron chi connectivity index (χ0n) is 13.9. The van der Waals surface area contributed by atoms with Gasteiger partial charge >= 0.3 is 12.6 Å². The summed E-state index contributed by atoms with van der Waals surface area (Å²) in [4.78, 5) is 12.0. The van der Waals surface area contributed by atoms with Crippen LogP contribution in [0.3, 0.4) is 0 Å². The van der Waals surface area contributed by atoms with Gasteiger partial charge in [0.25, 0.3) is 0 Å². The molecule has 0 spiro atoms. The second kappa shape index (κ2) is 8.41. The maximum absolute atomic E-state index is 13.3. The smallest absolute Gasteiger partial charge is 0.387 e. The van der Waals surface area contributed by atoms with E-state index in [2.05, 4.69) is 15.4 Å². The summed E-state index contributed by atoms with van der Waals surface area (Å²) in [6.07, 6.45) is 0. The number of alkyl halides is 2. The lowest BCUT2D eigenvalue weighted by Gasteiger charge is -2.16. The first-order valence-electron chi connectivity index (χ1n) is 7.45. The van der Waals surface area contributed by atoms with E-state index in [1.54, 1.807) is 6.92 Å². The number of carbonyl (C=O) groups is 1. The number of carbonyl (C=O) groups excluding carboxylic acids is 1.